The van der Waals surface area contributed by atoms with Gasteiger partial charge in [-0.15, -0.1) is 5.54 Å². The van der Waals surface area contributed by atoms with Gasteiger partial charge in [-0.2, -0.15) is 0 Å². The fourth-order valence-corrected chi connectivity index (χ4v) is 1.43. The number of benzene rings is 1. The zero-order chi connectivity index (χ0) is 11.6. The van der Waals surface area contributed by atoms with Crippen molar-refractivity contribution in [3.8, 4) is 17.2 Å². The van der Waals surface area contributed by atoms with Crippen LogP contribution in [0, 0.1) is 23.1 Å². The van der Waals surface area contributed by atoms with E-state index < -0.39 is 25.5 Å². The number of halogens is 2. The first-order valence-corrected chi connectivity index (χ1v) is 8.01. The highest BCUT2D eigenvalue weighted by Gasteiger charge is 2.11. The van der Waals surface area contributed by atoms with Gasteiger partial charge in [0.25, 0.3) is 0 Å². The average molecular weight is 226 g/mol. The van der Waals surface area contributed by atoms with Gasteiger partial charge in [-0.3, -0.25) is 0 Å². The van der Waals surface area contributed by atoms with Crippen LogP contribution in [-0.4, -0.2) is 13.2 Å². The lowest BCUT2D eigenvalue weighted by atomic mass is 10.2. The summed E-state index contributed by atoms with van der Waals surface area (Å²) in [6, 6.07) is 1.57. The van der Waals surface area contributed by atoms with Gasteiger partial charge in [0.1, 0.15) is 31.0 Å². The molecule has 1 N–H and O–H groups in total. The summed E-state index contributed by atoms with van der Waals surface area (Å²) >= 11 is 0. The number of aromatic hydroxyl groups is 1. The SMILES string of the molecule is C[Si](C)(C)C#Cc1c(O)cc(F)cc1F. The highest BCUT2D eigenvalue weighted by atomic mass is 28.3. The molecule has 0 aliphatic rings. The molecule has 0 radical (unpaired) electrons. The lowest BCUT2D eigenvalue weighted by Gasteiger charge is -2.04. The standard InChI is InChI=1S/C11H12F2OSi/c1-15(2,3)5-4-9-10(13)6-8(12)7-11(9)14/h6-7,14H,1-3H3. The van der Waals surface area contributed by atoms with E-state index in [-0.39, 0.29) is 5.56 Å². The third-order valence-corrected chi connectivity index (χ3v) is 2.47. The highest BCUT2D eigenvalue weighted by Crippen LogP contribution is 2.20. The molecule has 0 aromatic heterocycles. The van der Waals surface area contributed by atoms with Crippen LogP contribution in [0.2, 0.25) is 19.6 Å². The van der Waals surface area contributed by atoms with Gasteiger partial charge in [0, 0.05) is 12.1 Å². The van der Waals surface area contributed by atoms with Crippen LogP contribution >= 0.6 is 0 Å². The van der Waals surface area contributed by atoms with Crippen LogP contribution in [-0.2, 0) is 0 Å². The van der Waals surface area contributed by atoms with E-state index in [4.69, 9.17) is 0 Å². The summed E-state index contributed by atoms with van der Waals surface area (Å²) in [4.78, 5) is 0. The van der Waals surface area contributed by atoms with E-state index in [2.05, 4.69) is 11.5 Å². The maximum absolute atomic E-state index is 13.2. The Hall–Kier alpha value is -1.34. The summed E-state index contributed by atoms with van der Waals surface area (Å²) in [5.74, 6) is 0.499. The predicted molar refractivity (Wildman–Crippen MR) is 58.2 cm³/mol. The summed E-state index contributed by atoms with van der Waals surface area (Å²) in [5.41, 5.74) is 2.78. The van der Waals surface area contributed by atoms with Gasteiger partial charge in [0.05, 0.1) is 0 Å². The fourth-order valence-electron chi connectivity index (χ4n) is 0.934. The van der Waals surface area contributed by atoms with Gasteiger partial charge >= 0.3 is 0 Å². The molecule has 1 nitrogen and oxygen atoms in total. The van der Waals surface area contributed by atoms with E-state index >= 15 is 0 Å². The molecule has 0 bridgehead atoms. The number of hydrogen-bond donors (Lipinski definition) is 1. The van der Waals surface area contributed by atoms with E-state index in [9.17, 15) is 13.9 Å². The predicted octanol–water partition coefficient (Wildman–Crippen LogP) is 2.90. The second-order valence-electron chi connectivity index (χ2n) is 4.28. The zero-order valence-corrected chi connectivity index (χ0v) is 9.86. The molecule has 15 heavy (non-hydrogen) atoms. The molecule has 0 aliphatic heterocycles. The Labute approximate surface area is 88.8 Å². The topological polar surface area (TPSA) is 20.2 Å². The molecule has 0 heterocycles. The van der Waals surface area contributed by atoms with Crippen LogP contribution in [0.15, 0.2) is 12.1 Å². The van der Waals surface area contributed by atoms with E-state index in [0.717, 1.165) is 6.07 Å². The third-order valence-electron chi connectivity index (χ3n) is 1.60. The quantitative estimate of drug-likeness (QED) is 0.532. The molecule has 4 heteroatoms. The summed E-state index contributed by atoms with van der Waals surface area (Å²) in [5, 5.41) is 9.30. The summed E-state index contributed by atoms with van der Waals surface area (Å²) in [6.07, 6.45) is 0. The molecular formula is C11H12F2OSi. The summed E-state index contributed by atoms with van der Waals surface area (Å²) in [6.45, 7) is 6.00. The van der Waals surface area contributed by atoms with Crippen molar-refractivity contribution < 1.29 is 13.9 Å². The van der Waals surface area contributed by atoms with E-state index in [1.54, 1.807) is 0 Å². The molecule has 0 fully saturated rings. The third kappa shape index (κ3) is 3.37. The molecule has 0 unspecified atom stereocenters. The molecule has 1 aromatic rings. The minimum atomic E-state index is -1.63. The Morgan fingerprint density at radius 1 is 1.20 bits per heavy atom. The first kappa shape index (κ1) is 11.7. The molecule has 1 aromatic carbocycles. The molecule has 1 rings (SSSR count). The maximum atomic E-state index is 13.2. The van der Waals surface area contributed by atoms with Gasteiger partial charge in [0.15, 0.2) is 0 Å². The van der Waals surface area contributed by atoms with Gasteiger partial charge in [-0.25, -0.2) is 8.78 Å². The van der Waals surface area contributed by atoms with Crippen molar-refractivity contribution in [2.75, 3.05) is 0 Å². The van der Waals surface area contributed by atoms with Crippen LogP contribution < -0.4 is 0 Å². The molecule has 0 amide bonds. The first-order valence-electron chi connectivity index (χ1n) is 4.51. The van der Waals surface area contributed by atoms with Crippen molar-refractivity contribution in [1.82, 2.24) is 0 Å². The highest BCUT2D eigenvalue weighted by molar-refractivity contribution is 6.83. The van der Waals surface area contributed by atoms with Gasteiger partial charge in [-0.05, 0) is 0 Å². The lowest BCUT2D eigenvalue weighted by molar-refractivity contribution is 0.458. The molecule has 0 aliphatic carbocycles. The summed E-state index contributed by atoms with van der Waals surface area (Å²) < 4.78 is 25.8. The lowest BCUT2D eigenvalue weighted by Crippen LogP contribution is -2.16. The largest absolute Gasteiger partial charge is 0.506 e. The normalized spacial score (nSPS) is 10.7. The van der Waals surface area contributed by atoms with Crippen molar-refractivity contribution in [3.63, 3.8) is 0 Å². The van der Waals surface area contributed by atoms with Gasteiger partial charge in [-0.1, -0.05) is 25.6 Å². The number of phenolic OH excluding ortho intramolecular Hbond substituents is 1. The molecule has 0 saturated carbocycles. The minimum Gasteiger partial charge on any atom is -0.506 e. The second kappa shape index (κ2) is 4.03. The number of rotatable bonds is 0. The number of phenols is 1. The van der Waals surface area contributed by atoms with Crippen molar-refractivity contribution in [2.45, 2.75) is 19.6 Å². The molecule has 80 valence electrons. The Kier molecular flexibility index (Phi) is 3.15. The second-order valence-corrected chi connectivity index (χ2v) is 9.03. The average Bonchev–Trinajstić information content (AvgIpc) is 1.99. The van der Waals surface area contributed by atoms with Crippen molar-refractivity contribution in [1.29, 1.82) is 0 Å². The van der Waals surface area contributed by atoms with Crippen molar-refractivity contribution in [2.24, 2.45) is 0 Å². The Bertz CT molecular complexity index is 415. The Balaban J connectivity index is 3.20. The van der Waals surface area contributed by atoms with Crippen LogP contribution in [0.3, 0.4) is 0 Å². The van der Waals surface area contributed by atoms with Crippen LogP contribution in [0.1, 0.15) is 5.56 Å². The van der Waals surface area contributed by atoms with E-state index in [0.29, 0.717) is 6.07 Å². The number of hydrogen-bond acceptors (Lipinski definition) is 1. The molecular weight excluding hydrogens is 214 g/mol. The molecule has 0 atom stereocenters. The van der Waals surface area contributed by atoms with E-state index in [1.165, 1.54) is 0 Å². The summed E-state index contributed by atoms with van der Waals surface area (Å²) in [7, 11) is -1.63. The van der Waals surface area contributed by atoms with Crippen LogP contribution in [0.25, 0.3) is 0 Å². The zero-order valence-electron chi connectivity index (χ0n) is 8.86. The monoisotopic (exact) mass is 226 g/mol. The van der Waals surface area contributed by atoms with Gasteiger partial charge in [0.2, 0.25) is 0 Å². The fraction of sp³-hybridized carbons (Fsp3) is 0.273. The Morgan fingerprint density at radius 2 is 1.80 bits per heavy atom. The van der Waals surface area contributed by atoms with Crippen molar-refractivity contribution >= 4 is 8.07 Å². The van der Waals surface area contributed by atoms with E-state index in [1.807, 2.05) is 19.6 Å². The first-order chi connectivity index (χ1) is 6.79. The van der Waals surface area contributed by atoms with Crippen molar-refractivity contribution in [3.05, 3.63) is 29.3 Å². The molecule has 0 spiro atoms. The van der Waals surface area contributed by atoms with Gasteiger partial charge < -0.3 is 5.11 Å². The minimum absolute atomic E-state index is 0.126. The van der Waals surface area contributed by atoms with Crippen LogP contribution in [0.5, 0.6) is 5.75 Å². The smallest absolute Gasteiger partial charge is 0.145 e. The maximum Gasteiger partial charge on any atom is 0.145 e. The Morgan fingerprint density at radius 3 is 2.27 bits per heavy atom. The van der Waals surface area contributed by atoms with Crippen LogP contribution in [0.4, 0.5) is 8.78 Å². The molecule has 0 saturated heterocycles.